The van der Waals surface area contributed by atoms with Crippen LogP contribution < -0.4 is 10.1 Å². The van der Waals surface area contributed by atoms with E-state index in [2.05, 4.69) is 19.2 Å². The normalized spacial score (nSPS) is 15.6. The molecule has 1 N–H and O–H groups in total. The van der Waals surface area contributed by atoms with Crippen molar-refractivity contribution < 1.29 is 18.7 Å². The van der Waals surface area contributed by atoms with Gasteiger partial charge in [-0.3, -0.25) is 4.79 Å². The lowest BCUT2D eigenvalue weighted by Crippen LogP contribution is -2.49. The van der Waals surface area contributed by atoms with E-state index in [1.54, 1.807) is 57.5 Å². The van der Waals surface area contributed by atoms with Gasteiger partial charge in [0.15, 0.2) is 0 Å². The Morgan fingerprint density at radius 3 is 2.76 bits per heavy atom. The number of halogens is 2. The molecule has 3 amide bonds. The molecule has 2 aromatic carbocycles. The zero-order chi connectivity index (χ0) is 26.4. The van der Waals surface area contributed by atoms with Crippen molar-refractivity contribution in [2.45, 2.75) is 32.7 Å². The molecule has 9 heteroatoms. The maximum Gasteiger partial charge on any atom is 0.322 e. The molecule has 1 aliphatic rings. The fourth-order valence-corrected chi connectivity index (χ4v) is 5.45. The van der Waals surface area contributed by atoms with Gasteiger partial charge in [0.2, 0.25) is 5.91 Å². The van der Waals surface area contributed by atoms with Crippen molar-refractivity contribution in [2.75, 3.05) is 31.6 Å². The average Bonchev–Trinajstić information content (AvgIpc) is 3.37. The molecule has 0 saturated carbocycles. The molecule has 0 bridgehead atoms. The lowest BCUT2D eigenvalue weighted by molar-refractivity contribution is -0.135. The van der Waals surface area contributed by atoms with Gasteiger partial charge in [-0.1, -0.05) is 37.9 Å². The Morgan fingerprint density at radius 1 is 1.24 bits per heavy atom. The van der Waals surface area contributed by atoms with E-state index in [1.165, 1.54) is 17.0 Å². The highest BCUT2D eigenvalue weighted by Gasteiger charge is 2.33. The van der Waals surface area contributed by atoms with Crippen molar-refractivity contribution in [2.24, 2.45) is 5.92 Å². The number of carbonyl (C=O) groups excluding carboxylic acids is 2. The fourth-order valence-electron chi connectivity index (χ4n) is 4.33. The van der Waals surface area contributed by atoms with Crippen LogP contribution in [-0.4, -0.2) is 48.0 Å². The molecule has 196 valence electrons. The van der Waals surface area contributed by atoms with Crippen LogP contribution >= 0.6 is 22.9 Å². The summed E-state index contributed by atoms with van der Waals surface area (Å²) in [5, 5.41) is 5.42. The van der Waals surface area contributed by atoms with Gasteiger partial charge in [0.05, 0.1) is 6.04 Å². The van der Waals surface area contributed by atoms with E-state index >= 15 is 0 Å². The third-order valence-corrected chi connectivity index (χ3v) is 7.79. The van der Waals surface area contributed by atoms with Crippen molar-refractivity contribution in [3.63, 3.8) is 0 Å². The van der Waals surface area contributed by atoms with E-state index < -0.39 is 0 Å². The number of nitrogens with one attached hydrogen (secondary N) is 1. The van der Waals surface area contributed by atoms with Crippen molar-refractivity contribution in [1.82, 2.24) is 9.80 Å². The van der Waals surface area contributed by atoms with Crippen LogP contribution in [0, 0.1) is 11.7 Å². The summed E-state index contributed by atoms with van der Waals surface area (Å²) in [6.45, 7) is 5.29. The number of hydrogen-bond acceptors (Lipinski definition) is 4. The Balaban J connectivity index is 1.50. The van der Waals surface area contributed by atoms with Gasteiger partial charge >= 0.3 is 6.03 Å². The molecule has 1 aliphatic heterocycles. The average molecular weight is 544 g/mol. The minimum absolute atomic E-state index is 0.0523. The highest BCUT2D eigenvalue weighted by molar-refractivity contribution is 7.10. The van der Waals surface area contributed by atoms with Crippen LogP contribution in [0.4, 0.5) is 14.9 Å². The monoisotopic (exact) mass is 543 g/mol. The van der Waals surface area contributed by atoms with Crippen LogP contribution in [0.2, 0.25) is 5.02 Å². The summed E-state index contributed by atoms with van der Waals surface area (Å²) in [4.78, 5) is 31.5. The number of fused-ring (bicyclic) bond motifs is 1. The van der Waals surface area contributed by atoms with Crippen molar-refractivity contribution in [3.05, 3.63) is 81.3 Å². The zero-order valence-electron chi connectivity index (χ0n) is 21.0. The molecule has 6 nitrogen and oxygen atoms in total. The van der Waals surface area contributed by atoms with E-state index in [0.717, 1.165) is 18.4 Å². The van der Waals surface area contributed by atoms with Crippen LogP contribution in [0.15, 0.2) is 60.0 Å². The SMILES string of the molecule is CC[C@@H](C)CN(CC(=O)N1CCc2sccc2[C@H]1COc1ccc(F)cc1)C(=O)Nc1cccc(Cl)c1. The molecule has 0 saturated heterocycles. The maximum absolute atomic E-state index is 13.7. The zero-order valence-corrected chi connectivity index (χ0v) is 22.5. The molecule has 4 rings (SSSR count). The molecular formula is C28H31ClFN3O3S. The van der Waals surface area contributed by atoms with Gasteiger partial charge in [-0.05, 0) is 71.8 Å². The summed E-state index contributed by atoms with van der Waals surface area (Å²) in [5.41, 5.74) is 1.63. The molecule has 0 fully saturated rings. The van der Waals surface area contributed by atoms with Crippen molar-refractivity contribution >= 4 is 40.6 Å². The van der Waals surface area contributed by atoms with Gasteiger partial charge in [0.1, 0.15) is 24.7 Å². The third kappa shape index (κ3) is 7.02. The van der Waals surface area contributed by atoms with Crippen LogP contribution in [-0.2, 0) is 11.2 Å². The van der Waals surface area contributed by atoms with Gasteiger partial charge in [-0.15, -0.1) is 11.3 Å². The summed E-state index contributed by atoms with van der Waals surface area (Å²) in [6, 6.07) is 14.2. The smallest absolute Gasteiger partial charge is 0.322 e. The third-order valence-electron chi connectivity index (χ3n) is 6.55. The Labute approximate surface area is 226 Å². The van der Waals surface area contributed by atoms with Gasteiger partial charge in [0.25, 0.3) is 0 Å². The topological polar surface area (TPSA) is 61.9 Å². The molecule has 2 heterocycles. The second kappa shape index (κ2) is 12.4. The molecule has 37 heavy (non-hydrogen) atoms. The van der Waals surface area contributed by atoms with Crippen LogP contribution in [0.3, 0.4) is 0 Å². The minimum atomic E-state index is -0.344. The number of anilines is 1. The van der Waals surface area contributed by atoms with E-state index in [1.807, 2.05) is 11.4 Å². The molecule has 0 radical (unpaired) electrons. The maximum atomic E-state index is 13.7. The van der Waals surface area contributed by atoms with Crippen molar-refractivity contribution in [3.8, 4) is 5.75 Å². The second-order valence-corrected chi connectivity index (χ2v) is 10.7. The van der Waals surface area contributed by atoms with E-state index in [-0.39, 0.29) is 42.9 Å². The lowest BCUT2D eigenvalue weighted by Gasteiger charge is -2.37. The number of carbonyl (C=O) groups is 2. The molecule has 2 atom stereocenters. The summed E-state index contributed by atoms with van der Waals surface area (Å²) in [7, 11) is 0. The van der Waals surface area contributed by atoms with Gasteiger partial charge in [-0.2, -0.15) is 0 Å². The van der Waals surface area contributed by atoms with E-state index in [4.69, 9.17) is 16.3 Å². The molecule has 0 spiro atoms. The molecule has 0 unspecified atom stereocenters. The van der Waals surface area contributed by atoms with E-state index in [9.17, 15) is 14.0 Å². The molecular weight excluding hydrogens is 513 g/mol. The first-order valence-corrected chi connectivity index (χ1v) is 13.7. The molecule has 0 aliphatic carbocycles. The minimum Gasteiger partial charge on any atom is -0.491 e. The Bertz CT molecular complexity index is 1220. The van der Waals surface area contributed by atoms with E-state index in [0.29, 0.717) is 29.5 Å². The largest absolute Gasteiger partial charge is 0.491 e. The number of rotatable bonds is 9. The second-order valence-electron chi connectivity index (χ2n) is 9.25. The Morgan fingerprint density at radius 2 is 2.03 bits per heavy atom. The predicted molar refractivity (Wildman–Crippen MR) is 146 cm³/mol. The fraction of sp³-hybridized carbons (Fsp3) is 0.357. The van der Waals surface area contributed by atoms with Crippen LogP contribution in [0.5, 0.6) is 5.75 Å². The molecule has 1 aromatic heterocycles. The van der Waals surface area contributed by atoms with Crippen LogP contribution in [0.25, 0.3) is 0 Å². The summed E-state index contributed by atoms with van der Waals surface area (Å²) >= 11 is 7.75. The first-order valence-electron chi connectivity index (χ1n) is 12.4. The van der Waals surface area contributed by atoms with Gasteiger partial charge in [0, 0.05) is 28.7 Å². The number of amides is 3. The highest BCUT2D eigenvalue weighted by atomic mass is 35.5. The lowest BCUT2D eigenvalue weighted by atomic mass is 10.00. The predicted octanol–water partition coefficient (Wildman–Crippen LogP) is 6.63. The Kier molecular flexibility index (Phi) is 9.05. The number of nitrogens with zero attached hydrogens (tertiary/aromatic N) is 2. The summed E-state index contributed by atoms with van der Waals surface area (Å²) in [5.74, 6) is 0.282. The summed E-state index contributed by atoms with van der Waals surface area (Å²) < 4.78 is 19.3. The number of ether oxygens (including phenoxy) is 1. The first kappa shape index (κ1) is 26.9. The van der Waals surface area contributed by atoms with Gasteiger partial charge in [-0.25, -0.2) is 9.18 Å². The number of thiophene rings is 1. The Hall–Kier alpha value is -3.10. The van der Waals surface area contributed by atoms with Gasteiger partial charge < -0.3 is 19.9 Å². The first-order chi connectivity index (χ1) is 17.8. The highest BCUT2D eigenvalue weighted by Crippen LogP contribution is 2.34. The summed E-state index contributed by atoms with van der Waals surface area (Å²) in [6.07, 6.45) is 1.64. The number of hydrogen-bond donors (Lipinski definition) is 1. The quantitative estimate of drug-likeness (QED) is 0.329. The molecule has 3 aromatic rings. The number of benzene rings is 2. The van der Waals surface area contributed by atoms with Crippen LogP contribution in [0.1, 0.15) is 36.8 Å². The van der Waals surface area contributed by atoms with Crippen molar-refractivity contribution in [1.29, 1.82) is 0 Å². The number of urea groups is 1. The standard InChI is InChI=1S/C28H31ClFN3O3S/c1-3-19(2)16-32(28(35)31-22-6-4-5-20(29)15-22)17-27(34)33-13-11-26-24(12-14-37-26)25(33)18-36-23-9-7-21(30)8-10-23/h4-10,12,14-15,19,25H,3,11,13,16-18H2,1-2H3,(H,31,35)/t19-,25-/m1/s1.